The van der Waals surface area contributed by atoms with Crippen LogP contribution in [0.4, 0.5) is 0 Å². The highest BCUT2D eigenvalue weighted by Gasteiger charge is 2.20. The molecule has 0 radical (unpaired) electrons. The molecule has 1 unspecified atom stereocenters. The van der Waals surface area contributed by atoms with Crippen LogP contribution in [-0.2, 0) is 5.54 Å². The van der Waals surface area contributed by atoms with Crippen LogP contribution < -0.4 is 5.73 Å². The van der Waals surface area contributed by atoms with Crippen molar-refractivity contribution in [2.45, 2.75) is 52.6 Å². The van der Waals surface area contributed by atoms with Gasteiger partial charge in [0.05, 0.1) is 12.0 Å². The van der Waals surface area contributed by atoms with Crippen molar-refractivity contribution in [1.82, 2.24) is 9.55 Å². The molecule has 3 nitrogen and oxygen atoms in total. The molecule has 0 fully saturated rings. The predicted molar refractivity (Wildman–Crippen MR) is 63.6 cm³/mol. The van der Waals surface area contributed by atoms with E-state index in [0.29, 0.717) is 5.92 Å². The highest BCUT2D eigenvalue weighted by Crippen LogP contribution is 2.23. The van der Waals surface area contributed by atoms with Crippen molar-refractivity contribution in [3.05, 3.63) is 18.2 Å². The molecular formula is C12H23N3. The zero-order valence-electron chi connectivity index (χ0n) is 10.5. The van der Waals surface area contributed by atoms with Crippen LogP contribution in [0, 0.1) is 5.92 Å². The monoisotopic (exact) mass is 209 g/mol. The molecule has 15 heavy (non-hydrogen) atoms. The maximum absolute atomic E-state index is 6.18. The Morgan fingerprint density at radius 1 is 1.40 bits per heavy atom. The first kappa shape index (κ1) is 12.2. The van der Waals surface area contributed by atoms with Gasteiger partial charge in [-0.1, -0.05) is 13.8 Å². The van der Waals surface area contributed by atoms with Crippen molar-refractivity contribution >= 4 is 0 Å². The molecule has 0 aliphatic heterocycles. The van der Waals surface area contributed by atoms with Gasteiger partial charge >= 0.3 is 0 Å². The molecule has 0 amide bonds. The van der Waals surface area contributed by atoms with E-state index in [2.05, 4.69) is 44.2 Å². The Bertz CT molecular complexity index is 307. The van der Waals surface area contributed by atoms with Crippen LogP contribution in [0.2, 0.25) is 0 Å². The van der Waals surface area contributed by atoms with Gasteiger partial charge in [0.1, 0.15) is 0 Å². The zero-order chi connectivity index (χ0) is 11.6. The molecule has 0 saturated carbocycles. The van der Waals surface area contributed by atoms with E-state index >= 15 is 0 Å². The topological polar surface area (TPSA) is 43.8 Å². The van der Waals surface area contributed by atoms with Crippen LogP contribution >= 0.6 is 0 Å². The summed E-state index contributed by atoms with van der Waals surface area (Å²) in [6.07, 6.45) is 4.76. The van der Waals surface area contributed by atoms with Crippen molar-refractivity contribution in [3.63, 3.8) is 0 Å². The summed E-state index contributed by atoms with van der Waals surface area (Å²) >= 11 is 0. The predicted octanol–water partition coefficient (Wildman–Crippen LogP) is 2.68. The summed E-state index contributed by atoms with van der Waals surface area (Å²) in [5.41, 5.74) is 7.37. The van der Waals surface area contributed by atoms with Gasteiger partial charge in [-0.25, -0.2) is 4.98 Å². The fourth-order valence-electron chi connectivity index (χ4n) is 1.77. The Morgan fingerprint density at radius 3 is 2.47 bits per heavy atom. The zero-order valence-corrected chi connectivity index (χ0v) is 10.5. The fraction of sp³-hybridized carbons (Fsp3) is 0.750. The lowest BCUT2D eigenvalue weighted by Gasteiger charge is -2.26. The average molecular weight is 209 g/mol. The van der Waals surface area contributed by atoms with Gasteiger partial charge in [-0.15, -0.1) is 0 Å². The van der Waals surface area contributed by atoms with Gasteiger partial charge in [-0.2, -0.15) is 0 Å². The van der Waals surface area contributed by atoms with E-state index in [1.165, 1.54) is 0 Å². The Labute approximate surface area is 92.7 Å². The maximum atomic E-state index is 6.18. The Hall–Kier alpha value is -0.830. The summed E-state index contributed by atoms with van der Waals surface area (Å²) in [5.74, 6) is 0.614. The second-order valence-corrected chi connectivity index (χ2v) is 5.60. The van der Waals surface area contributed by atoms with Gasteiger partial charge in [-0.3, -0.25) is 0 Å². The third-order valence-electron chi connectivity index (χ3n) is 2.50. The molecule has 0 saturated heterocycles. The number of nitrogens with two attached hydrogens (primary N) is 1. The minimum atomic E-state index is 0.0560. The molecule has 1 atom stereocenters. The lowest BCUT2D eigenvalue weighted by Crippen LogP contribution is -2.27. The van der Waals surface area contributed by atoms with Gasteiger partial charge in [0.25, 0.3) is 0 Å². The molecule has 1 aromatic rings. The minimum absolute atomic E-state index is 0.0560. The Kier molecular flexibility index (Phi) is 3.55. The summed E-state index contributed by atoms with van der Waals surface area (Å²) in [5, 5.41) is 0. The second-order valence-electron chi connectivity index (χ2n) is 5.60. The number of hydrogen-bond donors (Lipinski definition) is 1. The first-order valence-electron chi connectivity index (χ1n) is 5.60. The summed E-state index contributed by atoms with van der Waals surface area (Å²) in [6.45, 7) is 10.9. The van der Waals surface area contributed by atoms with Crippen molar-refractivity contribution in [1.29, 1.82) is 0 Å². The van der Waals surface area contributed by atoms with E-state index < -0.39 is 0 Å². The van der Waals surface area contributed by atoms with Crippen molar-refractivity contribution < 1.29 is 0 Å². The minimum Gasteiger partial charge on any atom is -0.328 e. The van der Waals surface area contributed by atoms with Crippen LogP contribution in [-0.4, -0.2) is 9.55 Å². The van der Waals surface area contributed by atoms with E-state index in [0.717, 1.165) is 12.1 Å². The smallest absolute Gasteiger partial charge is 0.0953 e. The van der Waals surface area contributed by atoms with Gasteiger partial charge in [0, 0.05) is 17.8 Å². The third kappa shape index (κ3) is 3.06. The summed E-state index contributed by atoms with van der Waals surface area (Å²) in [4.78, 5) is 4.20. The molecule has 0 spiro atoms. The lowest BCUT2D eigenvalue weighted by atomic mass is 10.0. The molecule has 0 bridgehead atoms. The molecule has 3 heteroatoms. The molecule has 0 aliphatic rings. The standard InChI is InChI=1S/C12H23N3/c1-9(2)6-10(13)11-7-14-8-15(11)12(3,4)5/h7-10H,6,13H2,1-5H3. The molecule has 2 N–H and O–H groups in total. The SMILES string of the molecule is CC(C)CC(N)c1cncn1C(C)(C)C. The van der Waals surface area contributed by atoms with E-state index in [9.17, 15) is 0 Å². The number of aromatic nitrogens is 2. The molecule has 0 aliphatic carbocycles. The maximum Gasteiger partial charge on any atom is 0.0953 e. The second kappa shape index (κ2) is 4.35. The third-order valence-corrected chi connectivity index (χ3v) is 2.50. The quantitative estimate of drug-likeness (QED) is 0.831. The Morgan fingerprint density at radius 2 is 2.00 bits per heavy atom. The Balaban J connectivity index is 2.90. The van der Waals surface area contributed by atoms with E-state index in [1.807, 2.05) is 12.5 Å². The van der Waals surface area contributed by atoms with Gasteiger partial charge in [0.2, 0.25) is 0 Å². The highest BCUT2D eigenvalue weighted by atomic mass is 15.1. The molecule has 86 valence electrons. The molecule has 1 aromatic heterocycles. The fourth-order valence-corrected chi connectivity index (χ4v) is 1.77. The summed E-state index contributed by atoms with van der Waals surface area (Å²) < 4.78 is 2.17. The highest BCUT2D eigenvalue weighted by molar-refractivity contribution is 5.07. The first-order valence-corrected chi connectivity index (χ1v) is 5.60. The van der Waals surface area contributed by atoms with Crippen LogP contribution in [0.5, 0.6) is 0 Å². The lowest BCUT2D eigenvalue weighted by molar-refractivity contribution is 0.365. The van der Waals surface area contributed by atoms with E-state index in [4.69, 9.17) is 5.73 Å². The summed E-state index contributed by atoms with van der Waals surface area (Å²) in [6, 6.07) is 0.0896. The molecular weight excluding hydrogens is 186 g/mol. The molecule has 1 heterocycles. The first-order chi connectivity index (χ1) is 6.82. The number of rotatable bonds is 3. The van der Waals surface area contributed by atoms with E-state index in [-0.39, 0.29) is 11.6 Å². The molecule has 0 aromatic carbocycles. The number of hydrogen-bond acceptors (Lipinski definition) is 2. The van der Waals surface area contributed by atoms with Crippen LogP contribution in [0.25, 0.3) is 0 Å². The van der Waals surface area contributed by atoms with Crippen molar-refractivity contribution in [2.75, 3.05) is 0 Å². The largest absolute Gasteiger partial charge is 0.328 e. The number of nitrogens with zero attached hydrogens (tertiary/aromatic N) is 2. The van der Waals surface area contributed by atoms with Gasteiger partial charge in [-0.05, 0) is 33.1 Å². The normalized spacial score (nSPS) is 14.6. The average Bonchev–Trinajstić information content (AvgIpc) is 2.48. The molecule has 1 rings (SSSR count). The van der Waals surface area contributed by atoms with Crippen molar-refractivity contribution in [2.24, 2.45) is 11.7 Å². The van der Waals surface area contributed by atoms with Gasteiger partial charge < -0.3 is 10.3 Å². The van der Waals surface area contributed by atoms with Crippen molar-refractivity contribution in [3.8, 4) is 0 Å². The van der Waals surface area contributed by atoms with E-state index in [1.54, 1.807) is 0 Å². The van der Waals surface area contributed by atoms with Gasteiger partial charge in [0.15, 0.2) is 0 Å². The number of imidazole rings is 1. The van der Waals surface area contributed by atoms with Crippen LogP contribution in [0.15, 0.2) is 12.5 Å². The van der Waals surface area contributed by atoms with Crippen LogP contribution in [0.1, 0.15) is 52.8 Å². The van der Waals surface area contributed by atoms with Crippen LogP contribution in [0.3, 0.4) is 0 Å². The summed E-state index contributed by atoms with van der Waals surface area (Å²) in [7, 11) is 0.